The molecule has 4 nitrogen and oxygen atoms in total. The molecule has 2 rings (SSSR count). The maximum atomic E-state index is 13.0. The molecular formula is C14H16F4N2O2. The molecular weight excluding hydrogens is 304 g/mol. The molecule has 0 aromatic carbocycles. The summed E-state index contributed by atoms with van der Waals surface area (Å²) >= 11 is 0. The molecule has 22 heavy (non-hydrogen) atoms. The normalized spacial score (nSPS) is 16.5. The van der Waals surface area contributed by atoms with Gasteiger partial charge in [-0.05, 0) is 25.0 Å². The topological polar surface area (TPSA) is 42.4 Å². The Hall–Kier alpha value is -1.70. The first-order chi connectivity index (χ1) is 10.4. The molecule has 0 radical (unpaired) electrons. The fraction of sp³-hybridized carbons (Fsp3) is 0.571. The summed E-state index contributed by atoms with van der Waals surface area (Å²) in [5.74, 6) is -1.07. The van der Waals surface area contributed by atoms with E-state index >= 15 is 0 Å². The van der Waals surface area contributed by atoms with Crippen LogP contribution in [0.4, 0.5) is 23.4 Å². The molecule has 0 aliphatic carbocycles. The maximum absolute atomic E-state index is 13.0. The van der Waals surface area contributed by atoms with Crippen LogP contribution in [0.3, 0.4) is 0 Å². The molecule has 0 spiro atoms. The average Bonchev–Trinajstić information content (AvgIpc) is 2.48. The Kier molecular flexibility index (Phi) is 5.33. The van der Waals surface area contributed by atoms with Crippen molar-refractivity contribution >= 4 is 11.7 Å². The Balaban J connectivity index is 2.17. The highest BCUT2D eigenvalue weighted by atomic mass is 19.4. The number of anilines is 1. The molecule has 1 amide bonds. The second kappa shape index (κ2) is 7.04. The Labute approximate surface area is 125 Å². The SMILES string of the molecule is O=C(CCC(F)(F)F)N(c1ccc(F)cn1)C1CCOCC1. The number of pyridine rings is 1. The number of carbonyl (C=O) groups is 1. The van der Waals surface area contributed by atoms with E-state index in [2.05, 4.69) is 4.98 Å². The van der Waals surface area contributed by atoms with Crippen LogP contribution in [-0.4, -0.2) is 36.3 Å². The molecule has 1 aromatic rings. The van der Waals surface area contributed by atoms with Crippen molar-refractivity contribution in [3.05, 3.63) is 24.1 Å². The van der Waals surface area contributed by atoms with Gasteiger partial charge < -0.3 is 4.74 Å². The standard InChI is InChI=1S/C14H16F4N2O2/c15-10-1-2-12(19-9-10)20(11-4-7-22-8-5-11)13(21)3-6-14(16,17)18/h1-2,9,11H,3-8H2. The molecule has 0 saturated carbocycles. The molecule has 1 aliphatic heterocycles. The fourth-order valence-corrected chi connectivity index (χ4v) is 2.34. The summed E-state index contributed by atoms with van der Waals surface area (Å²) in [6, 6.07) is 2.15. The first-order valence-electron chi connectivity index (χ1n) is 6.95. The second-order valence-electron chi connectivity index (χ2n) is 5.06. The largest absolute Gasteiger partial charge is 0.389 e. The number of alkyl halides is 3. The smallest absolute Gasteiger partial charge is 0.381 e. The van der Waals surface area contributed by atoms with Crippen molar-refractivity contribution in [3.8, 4) is 0 Å². The van der Waals surface area contributed by atoms with Gasteiger partial charge >= 0.3 is 6.18 Å². The number of aromatic nitrogens is 1. The summed E-state index contributed by atoms with van der Waals surface area (Å²) < 4.78 is 55.1. The van der Waals surface area contributed by atoms with Crippen LogP contribution in [0.25, 0.3) is 0 Å². The van der Waals surface area contributed by atoms with Gasteiger partial charge in [0.1, 0.15) is 11.6 Å². The van der Waals surface area contributed by atoms with Gasteiger partial charge in [-0.2, -0.15) is 13.2 Å². The van der Waals surface area contributed by atoms with Crippen LogP contribution in [0.15, 0.2) is 18.3 Å². The molecule has 1 fully saturated rings. The van der Waals surface area contributed by atoms with E-state index in [1.807, 2.05) is 0 Å². The summed E-state index contributed by atoms with van der Waals surface area (Å²) in [5.41, 5.74) is 0. The average molecular weight is 320 g/mol. The lowest BCUT2D eigenvalue weighted by Crippen LogP contribution is -2.44. The molecule has 0 atom stereocenters. The van der Waals surface area contributed by atoms with Crippen molar-refractivity contribution < 1.29 is 27.1 Å². The highest BCUT2D eigenvalue weighted by molar-refractivity contribution is 5.93. The van der Waals surface area contributed by atoms with Crippen LogP contribution in [0.1, 0.15) is 25.7 Å². The number of hydrogen-bond donors (Lipinski definition) is 0. The van der Waals surface area contributed by atoms with Crippen LogP contribution >= 0.6 is 0 Å². The van der Waals surface area contributed by atoms with Crippen molar-refractivity contribution in [2.75, 3.05) is 18.1 Å². The van der Waals surface area contributed by atoms with E-state index in [-0.39, 0.29) is 11.9 Å². The number of amides is 1. The van der Waals surface area contributed by atoms with Gasteiger partial charge in [0.05, 0.1) is 12.6 Å². The summed E-state index contributed by atoms with van der Waals surface area (Å²) in [5, 5.41) is 0. The molecule has 0 unspecified atom stereocenters. The van der Waals surface area contributed by atoms with Gasteiger partial charge in [0.15, 0.2) is 0 Å². The number of ether oxygens (including phenoxy) is 1. The molecule has 1 aromatic heterocycles. The summed E-state index contributed by atoms with van der Waals surface area (Å²) in [6.07, 6.45) is -4.27. The monoisotopic (exact) mass is 320 g/mol. The molecule has 8 heteroatoms. The van der Waals surface area contributed by atoms with Gasteiger partial charge in [-0.1, -0.05) is 0 Å². The minimum Gasteiger partial charge on any atom is -0.381 e. The third kappa shape index (κ3) is 4.66. The minimum atomic E-state index is -4.40. The first kappa shape index (κ1) is 16.7. The highest BCUT2D eigenvalue weighted by Crippen LogP contribution is 2.26. The molecule has 0 N–H and O–H groups in total. The molecule has 1 saturated heterocycles. The van der Waals surface area contributed by atoms with Crippen molar-refractivity contribution in [2.45, 2.75) is 37.9 Å². The molecule has 122 valence electrons. The zero-order valence-corrected chi connectivity index (χ0v) is 11.8. The Bertz CT molecular complexity index is 499. The lowest BCUT2D eigenvalue weighted by atomic mass is 10.1. The van der Waals surface area contributed by atoms with Crippen LogP contribution in [0.5, 0.6) is 0 Å². The number of carbonyl (C=O) groups excluding carboxylic acids is 1. The third-order valence-electron chi connectivity index (χ3n) is 3.41. The summed E-state index contributed by atoms with van der Waals surface area (Å²) in [4.78, 5) is 17.3. The van der Waals surface area contributed by atoms with E-state index in [0.29, 0.717) is 26.1 Å². The molecule has 0 bridgehead atoms. The predicted molar refractivity (Wildman–Crippen MR) is 70.8 cm³/mol. The number of rotatable bonds is 4. The van der Waals surface area contributed by atoms with Crippen LogP contribution < -0.4 is 4.90 Å². The van der Waals surface area contributed by atoms with Gasteiger partial charge in [0.2, 0.25) is 5.91 Å². The minimum absolute atomic E-state index is 0.167. The van der Waals surface area contributed by atoms with Gasteiger partial charge in [0.25, 0.3) is 0 Å². The van der Waals surface area contributed by atoms with Gasteiger partial charge in [-0.25, -0.2) is 9.37 Å². The zero-order chi connectivity index (χ0) is 16.2. The maximum Gasteiger partial charge on any atom is 0.389 e. The summed E-state index contributed by atoms with van der Waals surface area (Å²) in [7, 11) is 0. The van der Waals surface area contributed by atoms with Crippen molar-refractivity contribution in [2.24, 2.45) is 0 Å². The molecule has 1 aliphatic rings. The van der Waals surface area contributed by atoms with Gasteiger partial charge in [0, 0.05) is 25.7 Å². The van der Waals surface area contributed by atoms with E-state index in [1.165, 1.54) is 11.0 Å². The van der Waals surface area contributed by atoms with E-state index in [1.54, 1.807) is 0 Å². The molecule has 2 heterocycles. The summed E-state index contributed by atoms with van der Waals surface area (Å²) in [6.45, 7) is 0.851. The van der Waals surface area contributed by atoms with E-state index < -0.39 is 30.7 Å². The third-order valence-corrected chi connectivity index (χ3v) is 3.41. The number of hydrogen-bond acceptors (Lipinski definition) is 3. The quantitative estimate of drug-likeness (QED) is 0.801. The second-order valence-corrected chi connectivity index (χ2v) is 5.06. The van der Waals surface area contributed by atoms with E-state index in [9.17, 15) is 22.4 Å². The highest BCUT2D eigenvalue weighted by Gasteiger charge is 2.32. The predicted octanol–water partition coefficient (Wildman–Crippen LogP) is 3.08. The van der Waals surface area contributed by atoms with Crippen LogP contribution in [-0.2, 0) is 9.53 Å². The van der Waals surface area contributed by atoms with Gasteiger partial charge in [-0.15, -0.1) is 0 Å². The van der Waals surface area contributed by atoms with Crippen molar-refractivity contribution in [1.29, 1.82) is 0 Å². The number of nitrogens with zero attached hydrogens (tertiary/aromatic N) is 2. The van der Waals surface area contributed by atoms with E-state index in [0.717, 1.165) is 12.3 Å². The van der Waals surface area contributed by atoms with Crippen molar-refractivity contribution in [1.82, 2.24) is 4.98 Å². The first-order valence-corrected chi connectivity index (χ1v) is 6.95. The Morgan fingerprint density at radius 3 is 2.55 bits per heavy atom. The lowest BCUT2D eigenvalue weighted by Gasteiger charge is -2.33. The van der Waals surface area contributed by atoms with Crippen LogP contribution in [0, 0.1) is 5.82 Å². The van der Waals surface area contributed by atoms with Gasteiger partial charge in [-0.3, -0.25) is 9.69 Å². The van der Waals surface area contributed by atoms with E-state index in [4.69, 9.17) is 4.74 Å². The Morgan fingerprint density at radius 2 is 2.00 bits per heavy atom. The number of halogens is 4. The van der Waals surface area contributed by atoms with Crippen LogP contribution in [0.2, 0.25) is 0 Å². The lowest BCUT2D eigenvalue weighted by molar-refractivity contribution is -0.143. The zero-order valence-electron chi connectivity index (χ0n) is 11.8. The fourth-order valence-electron chi connectivity index (χ4n) is 2.34. The Morgan fingerprint density at radius 1 is 1.32 bits per heavy atom. The van der Waals surface area contributed by atoms with Crippen molar-refractivity contribution in [3.63, 3.8) is 0 Å².